The molecule has 0 N–H and O–H groups in total. The van der Waals surface area contributed by atoms with Crippen LogP contribution in [-0.2, 0) is 13.6 Å². The first-order valence-corrected chi connectivity index (χ1v) is 9.41. The first-order valence-electron chi connectivity index (χ1n) is 8.18. The molecule has 2 aromatic heterocycles. The zero-order valence-corrected chi connectivity index (χ0v) is 14.9. The molecule has 3 aromatic rings. The highest BCUT2D eigenvalue weighted by molar-refractivity contribution is 7.53. The van der Waals surface area contributed by atoms with E-state index in [1.807, 2.05) is 41.3 Å². The molecule has 0 aliphatic heterocycles. The summed E-state index contributed by atoms with van der Waals surface area (Å²) in [5.74, 6) is 0.613. The van der Waals surface area contributed by atoms with Gasteiger partial charge in [-0.15, -0.1) is 0 Å². The summed E-state index contributed by atoms with van der Waals surface area (Å²) in [6.07, 6.45) is 1.63. The number of nitrogens with zero attached hydrogens (tertiary/aromatic N) is 4. The molecule has 130 valence electrons. The fourth-order valence-corrected chi connectivity index (χ4v) is 3.38. The van der Waals surface area contributed by atoms with Crippen LogP contribution in [0.1, 0.15) is 1.37 Å². The molecule has 0 radical (unpaired) electrons. The maximum atomic E-state index is 12.4. The molecule has 1 aromatic carbocycles. The average Bonchev–Trinajstić information content (AvgIpc) is 2.68. The second-order valence-electron chi connectivity index (χ2n) is 5.20. The number of benzene rings is 1. The van der Waals surface area contributed by atoms with Crippen molar-refractivity contribution < 1.29 is 15.0 Å². The van der Waals surface area contributed by atoms with Crippen molar-refractivity contribution in [1.82, 2.24) is 15.0 Å². The number of anilines is 2. The predicted molar refractivity (Wildman–Crippen MR) is 97.3 cm³/mol. The van der Waals surface area contributed by atoms with Crippen LogP contribution in [0.2, 0.25) is 0 Å². The van der Waals surface area contributed by atoms with Crippen LogP contribution in [0.15, 0.2) is 54.8 Å². The van der Waals surface area contributed by atoms with Crippen molar-refractivity contribution in [3.63, 3.8) is 0 Å². The van der Waals surface area contributed by atoms with Gasteiger partial charge < -0.3 is 13.9 Å². The fourth-order valence-electron chi connectivity index (χ4n) is 2.42. The number of para-hydroxylation sites is 1. The third-order valence-electron chi connectivity index (χ3n) is 3.77. The highest BCUT2D eigenvalue weighted by Gasteiger charge is 2.23. The number of aromatic nitrogens is 3. The minimum absolute atomic E-state index is 0.0525. The Kier molecular flexibility index (Phi) is 4.97. The van der Waals surface area contributed by atoms with E-state index in [9.17, 15) is 4.57 Å². The summed E-state index contributed by atoms with van der Waals surface area (Å²) in [5.41, 5.74) is 1.88. The Morgan fingerprint density at radius 3 is 2.60 bits per heavy atom. The Hall–Kier alpha value is -2.34. The summed E-state index contributed by atoms with van der Waals surface area (Å²) in [5, 5.41) is 0. The van der Waals surface area contributed by atoms with E-state index in [1.165, 1.54) is 20.4 Å². The molecule has 0 fully saturated rings. The summed E-state index contributed by atoms with van der Waals surface area (Å²) in [6, 6.07) is 13.2. The molecule has 0 aliphatic carbocycles. The molecule has 3 rings (SSSR count). The summed E-state index contributed by atoms with van der Waals surface area (Å²) in [7, 11) is -0.416. The number of pyridine rings is 1. The van der Waals surface area contributed by atoms with Crippen LogP contribution in [-0.4, -0.2) is 41.9 Å². The van der Waals surface area contributed by atoms with Gasteiger partial charge in [0.15, 0.2) is 5.65 Å². The maximum Gasteiger partial charge on any atom is 0.331 e. The van der Waals surface area contributed by atoms with Gasteiger partial charge in [-0.2, -0.15) is 0 Å². The Labute approximate surface area is 147 Å². The molecule has 0 saturated carbocycles. The van der Waals surface area contributed by atoms with E-state index in [-0.39, 0.29) is 12.3 Å². The molecule has 0 aliphatic rings. The third kappa shape index (κ3) is 4.02. The summed E-state index contributed by atoms with van der Waals surface area (Å²) in [4.78, 5) is 14.7. The Balaban J connectivity index is 1.99. The normalized spacial score (nSPS) is 12.2. The first-order chi connectivity index (χ1) is 12.5. The zero-order chi connectivity index (χ0) is 18.6. The number of hydrogen-bond donors (Lipinski definition) is 0. The van der Waals surface area contributed by atoms with Crippen LogP contribution in [0.25, 0.3) is 11.2 Å². The van der Waals surface area contributed by atoms with Crippen LogP contribution in [0.3, 0.4) is 0 Å². The molecule has 0 saturated heterocycles. The molecule has 8 heteroatoms. The smallest absolute Gasteiger partial charge is 0.326 e. The topological polar surface area (TPSA) is 77.4 Å². The average molecular weight is 359 g/mol. The van der Waals surface area contributed by atoms with Gasteiger partial charge in [0.25, 0.3) is 0 Å². The van der Waals surface area contributed by atoms with Gasteiger partial charge in [-0.25, -0.2) is 9.97 Å². The molecule has 2 heterocycles. The molecule has 0 atom stereocenters. The van der Waals surface area contributed by atoms with Crippen LogP contribution < -0.4 is 4.90 Å². The van der Waals surface area contributed by atoms with E-state index in [0.29, 0.717) is 23.5 Å². The van der Waals surface area contributed by atoms with Crippen LogP contribution >= 0.6 is 7.60 Å². The molecule has 0 amide bonds. The molecule has 0 bridgehead atoms. The molecule has 0 spiro atoms. The van der Waals surface area contributed by atoms with Gasteiger partial charge in [0, 0.05) is 38.8 Å². The molecular weight excluding hydrogens is 339 g/mol. The summed E-state index contributed by atoms with van der Waals surface area (Å²) in [6.45, 7) is 0.371. The highest BCUT2D eigenvalue weighted by atomic mass is 31.2. The van der Waals surface area contributed by atoms with E-state index in [4.69, 9.17) is 10.4 Å². The molecular formula is C17H19N4O3P. The van der Waals surface area contributed by atoms with Crippen molar-refractivity contribution in [2.45, 2.75) is 0 Å². The second-order valence-corrected chi connectivity index (χ2v) is 7.60. The van der Waals surface area contributed by atoms with Crippen molar-refractivity contribution in [3.8, 4) is 0 Å². The van der Waals surface area contributed by atoms with Crippen molar-refractivity contribution in [2.75, 3.05) is 31.8 Å². The predicted octanol–water partition coefficient (Wildman–Crippen LogP) is 3.65. The largest absolute Gasteiger partial charge is 0.331 e. The molecule has 25 heavy (non-hydrogen) atoms. The van der Waals surface area contributed by atoms with Crippen molar-refractivity contribution >= 4 is 30.3 Å². The van der Waals surface area contributed by atoms with Gasteiger partial charge in [-0.3, -0.25) is 9.55 Å². The van der Waals surface area contributed by atoms with E-state index in [1.54, 1.807) is 6.07 Å². The lowest BCUT2D eigenvalue weighted by Crippen LogP contribution is -2.23. The molecule has 7 nitrogen and oxygen atoms in total. The molecule has 0 unspecified atom stereocenters. The third-order valence-corrected chi connectivity index (χ3v) is 5.63. The minimum Gasteiger partial charge on any atom is -0.326 e. The van der Waals surface area contributed by atoms with E-state index >= 15 is 0 Å². The summed E-state index contributed by atoms with van der Waals surface area (Å²) < 4.78 is 30.1. The van der Waals surface area contributed by atoms with Gasteiger partial charge >= 0.3 is 7.60 Å². The number of fused-ring (bicyclic) bond motifs is 1. The number of rotatable bonds is 7. The van der Waals surface area contributed by atoms with Crippen molar-refractivity contribution in [3.05, 3.63) is 54.8 Å². The SMILES string of the molecule is [2H]c1cnc2ccc(N(CCP(=O)(OC)OC)c3ccccc3)nc2n1. The minimum atomic E-state index is -3.16. The van der Waals surface area contributed by atoms with Gasteiger partial charge in [-0.1, -0.05) is 18.2 Å². The standard InChI is InChI=1S/C17H19N4O3P/c1-23-25(22,24-2)13-12-21(14-6-4-3-5-7-14)16-9-8-15-17(20-16)19-11-10-18-15/h3-11H,12-13H2,1-2H3/i11D. The number of hydrogen-bond acceptors (Lipinski definition) is 7. The Morgan fingerprint density at radius 2 is 1.88 bits per heavy atom. The monoisotopic (exact) mass is 359 g/mol. The van der Waals surface area contributed by atoms with Crippen LogP contribution in [0, 0.1) is 0 Å². The second kappa shape index (κ2) is 7.70. The van der Waals surface area contributed by atoms with E-state index in [0.717, 1.165) is 5.69 Å². The van der Waals surface area contributed by atoms with Gasteiger partial charge in [0.2, 0.25) is 0 Å². The lowest BCUT2D eigenvalue weighted by molar-refractivity contribution is 0.276. The summed E-state index contributed by atoms with van der Waals surface area (Å²) >= 11 is 0. The lowest BCUT2D eigenvalue weighted by Gasteiger charge is -2.25. The zero-order valence-electron chi connectivity index (χ0n) is 15.0. The van der Waals surface area contributed by atoms with Gasteiger partial charge in [0.05, 0.1) is 7.53 Å². The lowest BCUT2D eigenvalue weighted by atomic mass is 10.2. The fraction of sp³-hybridized carbons (Fsp3) is 0.235. The maximum absolute atomic E-state index is 12.4. The van der Waals surface area contributed by atoms with Crippen molar-refractivity contribution in [2.24, 2.45) is 0 Å². The van der Waals surface area contributed by atoms with E-state index < -0.39 is 7.60 Å². The van der Waals surface area contributed by atoms with Crippen molar-refractivity contribution in [1.29, 1.82) is 0 Å². The highest BCUT2D eigenvalue weighted by Crippen LogP contribution is 2.46. The van der Waals surface area contributed by atoms with Gasteiger partial charge in [-0.05, 0) is 24.3 Å². The first kappa shape index (κ1) is 16.1. The van der Waals surface area contributed by atoms with Crippen LogP contribution in [0.5, 0.6) is 0 Å². The van der Waals surface area contributed by atoms with Gasteiger partial charge in [0.1, 0.15) is 11.3 Å². The van der Waals surface area contributed by atoms with Crippen LogP contribution in [0.4, 0.5) is 11.5 Å². The quantitative estimate of drug-likeness (QED) is 0.596. The Morgan fingerprint density at radius 1 is 1.12 bits per heavy atom. The van der Waals surface area contributed by atoms with E-state index in [2.05, 4.69) is 15.0 Å². The Bertz CT molecular complexity index is 934.